The van der Waals surface area contributed by atoms with E-state index in [1.54, 1.807) is 0 Å². The molecule has 1 aliphatic carbocycles. The van der Waals surface area contributed by atoms with E-state index >= 15 is 0 Å². The van der Waals surface area contributed by atoms with Crippen molar-refractivity contribution < 1.29 is 9.63 Å². The lowest BCUT2D eigenvalue weighted by Crippen LogP contribution is -2.41. The standard InChI is InChI=1S/C24H26Br2ClN3O2/c1-14(2)29-32-13-21(31)30-7-5-15(6-8-30)23-22-16(10-19(27)11-20(22)26)3-4-17-9-18(25)12-28-24(17)23/h9-12,15,23H,3-8,13H2,1-2H3/t23-/m1/s1. The van der Waals surface area contributed by atoms with Crippen LogP contribution in [-0.4, -0.2) is 41.2 Å². The molecule has 32 heavy (non-hydrogen) atoms. The molecule has 0 spiro atoms. The predicted octanol–water partition coefficient (Wildman–Crippen LogP) is 6.14. The van der Waals surface area contributed by atoms with Gasteiger partial charge >= 0.3 is 0 Å². The average Bonchev–Trinajstić information content (AvgIpc) is 2.90. The molecule has 0 unspecified atom stereocenters. The molecular weight excluding hydrogens is 558 g/mol. The average molecular weight is 584 g/mol. The van der Waals surface area contributed by atoms with Crippen LogP contribution in [0.4, 0.5) is 0 Å². The van der Waals surface area contributed by atoms with Gasteiger partial charge in [0.05, 0.1) is 11.4 Å². The lowest BCUT2D eigenvalue weighted by atomic mass is 9.76. The van der Waals surface area contributed by atoms with Crippen molar-refractivity contribution in [2.75, 3.05) is 19.7 Å². The first-order valence-corrected chi connectivity index (χ1v) is 12.8. The van der Waals surface area contributed by atoms with Gasteiger partial charge in [0.1, 0.15) is 0 Å². The smallest absolute Gasteiger partial charge is 0.263 e. The molecule has 1 atom stereocenters. The Balaban J connectivity index is 1.60. The topological polar surface area (TPSA) is 54.8 Å². The molecule has 0 radical (unpaired) electrons. The fourth-order valence-corrected chi connectivity index (χ4v) is 6.32. The molecule has 2 aromatic rings. The van der Waals surface area contributed by atoms with Crippen molar-refractivity contribution in [1.29, 1.82) is 0 Å². The third kappa shape index (κ3) is 5.20. The van der Waals surface area contributed by atoms with Gasteiger partial charge in [0.2, 0.25) is 0 Å². The van der Waals surface area contributed by atoms with E-state index in [9.17, 15) is 4.79 Å². The SMILES string of the molecule is CC(C)=NOCC(=O)N1CCC([C@H]2c3ncc(Br)cc3CCc3cc(Cl)cc(Br)c32)CC1. The molecule has 2 aliphatic rings. The zero-order chi connectivity index (χ0) is 22.8. The Morgan fingerprint density at radius 3 is 2.62 bits per heavy atom. The second kappa shape index (κ2) is 10.2. The van der Waals surface area contributed by atoms with Crippen LogP contribution >= 0.6 is 43.5 Å². The number of carbonyl (C=O) groups is 1. The van der Waals surface area contributed by atoms with Crippen LogP contribution in [0, 0.1) is 5.92 Å². The highest BCUT2D eigenvalue weighted by Gasteiger charge is 2.36. The minimum Gasteiger partial charge on any atom is -0.386 e. The molecule has 2 heterocycles. The quantitative estimate of drug-likeness (QED) is 0.321. The molecule has 0 N–H and O–H groups in total. The van der Waals surface area contributed by atoms with Crippen molar-refractivity contribution in [3.63, 3.8) is 0 Å². The maximum absolute atomic E-state index is 12.5. The second-order valence-electron chi connectivity index (χ2n) is 8.67. The molecule has 1 aliphatic heterocycles. The molecule has 0 bridgehead atoms. The summed E-state index contributed by atoms with van der Waals surface area (Å²) in [5.74, 6) is 0.547. The van der Waals surface area contributed by atoms with Crippen molar-refractivity contribution in [2.45, 2.75) is 45.4 Å². The second-order valence-corrected chi connectivity index (χ2v) is 10.9. The van der Waals surface area contributed by atoms with E-state index in [-0.39, 0.29) is 18.4 Å². The van der Waals surface area contributed by atoms with Crippen LogP contribution in [0.1, 0.15) is 55.0 Å². The van der Waals surface area contributed by atoms with Crippen molar-refractivity contribution in [3.8, 4) is 0 Å². The number of rotatable bonds is 4. The summed E-state index contributed by atoms with van der Waals surface area (Å²) in [6.07, 6.45) is 5.59. The van der Waals surface area contributed by atoms with Crippen molar-refractivity contribution in [2.24, 2.45) is 11.1 Å². The summed E-state index contributed by atoms with van der Waals surface area (Å²) < 4.78 is 2.05. The number of amides is 1. The summed E-state index contributed by atoms with van der Waals surface area (Å²) in [5.41, 5.74) is 5.80. The van der Waals surface area contributed by atoms with Crippen molar-refractivity contribution in [3.05, 3.63) is 60.7 Å². The summed E-state index contributed by atoms with van der Waals surface area (Å²) >= 11 is 13.8. The number of halogens is 3. The monoisotopic (exact) mass is 581 g/mol. The highest BCUT2D eigenvalue weighted by atomic mass is 79.9. The Morgan fingerprint density at radius 1 is 1.19 bits per heavy atom. The molecule has 1 fully saturated rings. The van der Waals surface area contributed by atoms with E-state index in [4.69, 9.17) is 21.4 Å². The van der Waals surface area contributed by atoms with Crippen LogP contribution < -0.4 is 0 Å². The fourth-order valence-electron chi connectivity index (χ4n) is 4.82. The van der Waals surface area contributed by atoms with Gasteiger partial charge in [-0.25, -0.2) is 0 Å². The number of hydrogen-bond acceptors (Lipinski definition) is 4. The fraction of sp³-hybridized carbons (Fsp3) is 0.458. The lowest BCUT2D eigenvalue weighted by molar-refractivity contribution is -0.137. The highest BCUT2D eigenvalue weighted by molar-refractivity contribution is 9.10. The zero-order valence-electron chi connectivity index (χ0n) is 18.2. The van der Waals surface area contributed by atoms with Crippen LogP contribution in [-0.2, 0) is 22.5 Å². The third-order valence-corrected chi connectivity index (χ3v) is 7.52. The maximum atomic E-state index is 12.5. The van der Waals surface area contributed by atoms with Gasteiger partial charge in [0.15, 0.2) is 6.61 Å². The van der Waals surface area contributed by atoms with E-state index in [1.807, 2.05) is 31.0 Å². The molecule has 8 heteroatoms. The molecule has 1 amide bonds. The van der Waals surface area contributed by atoms with Gasteiger partial charge in [-0.1, -0.05) is 32.7 Å². The molecule has 0 saturated carbocycles. The Morgan fingerprint density at radius 2 is 1.91 bits per heavy atom. The summed E-state index contributed by atoms with van der Waals surface area (Å²) in [7, 11) is 0. The lowest BCUT2D eigenvalue weighted by Gasteiger charge is -2.37. The van der Waals surface area contributed by atoms with E-state index in [0.29, 0.717) is 19.0 Å². The molecule has 1 saturated heterocycles. The van der Waals surface area contributed by atoms with Crippen LogP contribution in [0.15, 0.2) is 38.5 Å². The number of likely N-dealkylation sites (tertiary alicyclic amines) is 1. The molecule has 5 nitrogen and oxygen atoms in total. The first kappa shape index (κ1) is 23.7. The molecule has 1 aromatic carbocycles. The third-order valence-electron chi connectivity index (χ3n) is 6.22. The number of piperidine rings is 1. The number of aromatic nitrogens is 1. The van der Waals surface area contributed by atoms with Crippen molar-refractivity contribution in [1.82, 2.24) is 9.88 Å². The van der Waals surface area contributed by atoms with Gasteiger partial charge in [0.25, 0.3) is 5.91 Å². The number of oxime groups is 1. The number of nitrogens with zero attached hydrogens (tertiary/aromatic N) is 3. The van der Waals surface area contributed by atoms with Gasteiger partial charge in [-0.3, -0.25) is 9.78 Å². The normalized spacial score (nSPS) is 18.4. The van der Waals surface area contributed by atoms with E-state index in [1.165, 1.54) is 16.7 Å². The largest absolute Gasteiger partial charge is 0.386 e. The highest BCUT2D eigenvalue weighted by Crippen LogP contribution is 2.46. The number of pyridine rings is 1. The van der Waals surface area contributed by atoms with Gasteiger partial charge in [-0.15, -0.1) is 0 Å². The minimum atomic E-state index is -0.00935. The van der Waals surface area contributed by atoms with Gasteiger partial charge in [-0.05, 0) is 96.3 Å². The van der Waals surface area contributed by atoms with Crippen LogP contribution in [0.25, 0.3) is 0 Å². The number of aryl methyl sites for hydroxylation is 2. The first-order valence-electron chi connectivity index (χ1n) is 10.9. The summed E-state index contributed by atoms with van der Waals surface area (Å²) in [6.45, 7) is 5.10. The molecule has 1 aromatic heterocycles. The first-order chi connectivity index (χ1) is 15.3. The summed E-state index contributed by atoms with van der Waals surface area (Å²) in [4.78, 5) is 24.5. The summed E-state index contributed by atoms with van der Waals surface area (Å²) in [5, 5.41) is 4.62. The van der Waals surface area contributed by atoms with Crippen LogP contribution in [0.2, 0.25) is 5.02 Å². The predicted molar refractivity (Wildman–Crippen MR) is 134 cm³/mol. The number of hydrogen-bond donors (Lipinski definition) is 0. The van der Waals surface area contributed by atoms with E-state index in [2.05, 4.69) is 49.1 Å². The Hall–Kier alpha value is -1.44. The van der Waals surface area contributed by atoms with Crippen molar-refractivity contribution >= 4 is 55.1 Å². The number of fused-ring (bicyclic) bond motifs is 2. The zero-order valence-corrected chi connectivity index (χ0v) is 22.1. The van der Waals surface area contributed by atoms with Crippen LogP contribution in [0.3, 0.4) is 0 Å². The Labute approximate surface area is 210 Å². The van der Waals surface area contributed by atoms with E-state index in [0.717, 1.165) is 51.1 Å². The van der Waals surface area contributed by atoms with E-state index < -0.39 is 0 Å². The molecule has 170 valence electrons. The summed E-state index contributed by atoms with van der Waals surface area (Å²) in [6, 6.07) is 6.29. The Bertz CT molecular complexity index is 1050. The number of benzene rings is 1. The minimum absolute atomic E-state index is 0.00913. The molecular formula is C24H26Br2ClN3O2. The van der Waals surface area contributed by atoms with Gasteiger partial charge in [-0.2, -0.15) is 0 Å². The van der Waals surface area contributed by atoms with Crippen LogP contribution in [0.5, 0.6) is 0 Å². The van der Waals surface area contributed by atoms with Gasteiger partial charge < -0.3 is 9.74 Å². The van der Waals surface area contributed by atoms with Gasteiger partial charge in [0, 0.05) is 39.2 Å². The maximum Gasteiger partial charge on any atom is 0.263 e. The Kier molecular flexibility index (Phi) is 7.58. The number of carbonyl (C=O) groups excluding carboxylic acids is 1. The molecule has 4 rings (SSSR count).